The second-order valence-corrected chi connectivity index (χ2v) is 4.08. The SMILES string of the molecule is COP1CCNCC1. The molecule has 1 rings (SSSR count). The van der Waals surface area contributed by atoms with Gasteiger partial charge in [0.15, 0.2) is 0 Å². The monoisotopic (exact) mass is 133 g/mol. The number of rotatable bonds is 1. The first-order chi connectivity index (χ1) is 3.93. The summed E-state index contributed by atoms with van der Waals surface area (Å²) in [7, 11) is 1.78. The summed E-state index contributed by atoms with van der Waals surface area (Å²) in [4.78, 5) is 0. The van der Waals surface area contributed by atoms with Gasteiger partial charge in [0.05, 0.1) is 0 Å². The van der Waals surface area contributed by atoms with Crippen LogP contribution in [0.3, 0.4) is 0 Å². The lowest BCUT2D eigenvalue weighted by Crippen LogP contribution is -2.27. The van der Waals surface area contributed by atoms with Crippen molar-refractivity contribution in [3.63, 3.8) is 0 Å². The number of nitrogens with one attached hydrogen (secondary N) is 1. The molecule has 0 aromatic rings. The van der Waals surface area contributed by atoms with Crippen LogP contribution in [0.1, 0.15) is 0 Å². The smallest absolute Gasteiger partial charge is 0.0398 e. The van der Waals surface area contributed by atoms with Gasteiger partial charge in [0.1, 0.15) is 0 Å². The van der Waals surface area contributed by atoms with Gasteiger partial charge >= 0.3 is 0 Å². The van der Waals surface area contributed by atoms with Crippen LogP contribution in [0, 0.1) is 0 Å². The average Bonchev–Trinajstić information content (AvgIpc) is 1.90. The average molecular weight is 133 g/mol. The largest absolute Gasteiger partial charge is 0.362 e. The number of hydrogen-bond acceptors (Lipinski definition) is 2. The Labute approximate surface area is 51.4 Å². The fourth-order valence-electron chi connectivity index (χ4n) is 0.827. The summed E-state index contributed by atoms with van der Waals surface area (Å²) >= 11 is 0. The molecule has 1 N–H and O–H groups in total. The molecule has 1 saturated heterocycles. The maximum Gasteiger partial charge on any atom is 0.0398 e. The van der Waals surface area contributed by atoms with Crippen LogP contribution in [0.15, 0.2) is 0 Å². The molecule has 8 heavy (non-hydrogen) atoms. The van der Waals surface area contributed by atoms with Crippen LogP contribution in [0.2, 0.25) is 0 Å². The Bertz CT molecular complexity index is 63.4. The Balaban J connectivity index is 2.13. The molecule has 0 atom stereocenters. The molecule has 3 heteroatoms. The van der Waals surface area contributed by atoms with Gasteiger partial charge in [0, 0.05) is 40.7 Å². The highest BCUT2D eigenvalue weighted by molar-refractivity contribution is 7.52. The van der Waals surface area contributed by atoms with Gasteiger partial charge in [-0.1, -0.05) is 0 Å². The van der Waals surface area contributed by atoms with Gasteiger partial charge in [-0.25, -0.2) is 0 Å². The molecule has 0 radical (unpaired) electrons. The maximum atomic E-state index is 5.22. The van der Waals surface area contributed by atoms with E-state index in [2.05, 4.69) is 5.32 Å². The second kappa shape index (κ2) is 3.39. The summed E-state index contributed by atoms with van der Waals surface area (Å²) in [5, 5.41) is 3.29. The third-order valence-corrected chi connectivity index (χ3v) is 3.30. The Kier molecular flexibility index (Phi) is 2.74. The van der Waals surface area contributed by atoms with Crippen molar-refractivity contribution in [3.8, 4) is 0 Å². The van der Waals surface area contributed by atoms with Crippen molar-refractivity contribution >= 4 is 8.15 Å². The molecule has 0 amide bonds. The zero-order chi connectivity index (χ0) is 5.82. The molecule has 1 aliphatic heterocycles. The summed E-state index contributed by atoms with van der Waals surface area (Å²) in [6, 6.07) is 0. The van der Waals surface area contributed by atoms with Gasteiger partial charge in [0.25, 0.3) is 0 Å². The maximum absolute atomic E-state index is 5.22. The van der Waals surface area contributed by atoms with E-state index in [1.165, 1.54) is 12.3 Å². The van der Waals surface area contributed by atoms with Crippen molar-refractivity contribution in [3.05, 3.63) is 0 Å². The van der Waals surface area contributed by atoms with Crippen molar-refractivity contribution in [2.75, 3.05) is 32.5 Å². The van der Waals surface area contributed by atoms with E-state index in [9.17, 15) is 0 Å². The quantitative estimate of drug-likeness (QED) is 0.530. The molecular formula is C5H12NOP. The summed E-state index contributed by atoms with van der Waals surface area (Å²) in [5.41, 5.74) is 0. The molecule has 0 spiro atoms. The van der Waals surface area contributed by atoms with Crippen LogP contribution >= 0.6 is 8.15 Å². The molecule has 2 nitrogen and oxygen atoms in total. The molecular weight excluding hydrogens is 121 g/mol. The minimum Gasteiger partial charge on any atom is -0.362 e. The Morgan fingerprint density at radius 3 is 2.38 bits per heavy atom. The molecule has 0 aliphatic carbocycles. The Hall–Kier alpha value is 0.350. The lowest BCUT2D eigenvalue weighted by atomic mass is 10.6. The minimum absolute atomic E-state index is 0.0320. The van der Waals surface area contributed by atoms with Crippen molar-refractivity contribution in [2.45, 2.75) is 0 Å². The van der Waals surface area contributed by atoms with E-state index in [0.29, 0.717) is 0 Å². The van der Waals surface area contributed by atoms with Crippen molar-refractivity contribution in [1.82, 2.24) is 5.32 Å². The molecule has 0 unspecified atom stereocenters. The normalized spacial score (nSPS) is 23.6. The molecule has 48 valence electrons. The third kappa shape index (κ3) is 1.70. The minimum atomic E-state index is -0.0320. The summed E-state index contributed by atoms with van der Waals surface area (Å²) < 4.78 is 5.22. The summed E-state index contributed by atoms with van der Waals surface area (Å²) in [6.07, 6.45) is 2.48. The first-order valence-electron chi connectivity index (χ1n) is 2.93. The molecule has 0 aromatic carbocycles. The Morgan fingerprint density at radius 2 is 2.00 bits per heavy atom. The third-order valence-electron chi connectivity index (χ3n) is 1.33. The van der Waals surface area contributed by atoms with Crippen LogP contribution in [0.25, 0.3) is 0 Å². The standard InChI is InChI=1S/C5H12NOP/c1-7-8-4-2-6-3-5-8/h6H,2-5H2,1H3. The van der Waals surface area contributed by atoms with Crippen molar-refractivity contribution < 1.29 is 4.52 Å². The fourth-order valence-corrected chi connectivity index (χ4v) is 2.23. The highest BCUT2D eigenvalue weighted by Crippen LogP contribution is 2.35. The zero-order valence-corrected chi connectivity index (χ0v) is 6.08. The van der Waals surface area contributed by atoms with E-state index >= 15 is 0 Å². The molecule has 0 bridgehead atoms. The predicted octanol–water partition coefficient (Wildman–Crippen LogP) is 0.633. The zero-order valence-electron chi connectivity index (χ0n) is 5.18. The molecule has 1 fully saturated rings. The first kappa shape index (κ1) is 6.47. The van der Waals surface area contributed by atoms with E-state index in [-0.39, 0.29) is 8.15 Å². The topological polar surface area (TPSA) is 21.3 Å². The van der Waals surface area contributed by atoms with E-state index < -0.39 is 0 Å². The van der Waals surface area contributed by atoms with Crippen LogP contribution in [-0.4, -0.2) is 32.5 Å². The first-order valence-corrected chi connectivity index (χ1v) is 4.56. The van der Waals surface area contributed by atoms with E-state index in [0.717, 1.165) is 13.1 Å². The summed E-state index contributed by atoms with van der Waals surface area (Å²) in [5.74, 6) is 0. The molecule has 0 aromatic heterocycles. The van der Waals surface area contributed by atoms with Crippen LogP contribution in [0.5, 0.6) is 0 Å². The van der Waals surface area contributed by atoms with Crippen molar-refractivity contribution in [2.24, 2.45) is 0 Å². The summed E-state index contributed by atoms with van der Waals surface area (Å²) in [6.45, 7) is 2.30. The molecule has 1 aliphatic rings. The Morgan fingerprint density at radius 1 is 1.38 bits per heavy atom. The lowest BCUT2D eigenvalue weighted by Gasteiger charge is -2.20. The van der Waals surface area contributed by atoms with Gasteiger partial charge in [-0.05, 0) is 0 Å². The van der Waals surface area contributed by atoms with Crippen molar-refractivity contribution in [1.29, 1.82) is 0 Å². The van der Waals surface area contributed by atoms with Gasteiger partial charge < -0.3 is 9.84 Å². The van der Waals surface area contributed by atoms with Gasteiger partial charge in [-0.3, -0.25) is 0 Å². The lowest BCUT2D eigenvalue weighted by molar-refractivity contribution is 0.453. The second-order valence-electron chi connectivity index (χ2n) is 1.86. The van der Waals surface area contributed by atoms with Gasteiger partial charge in [-0.15, -0.1) is 0 Å². The van der Waals surface area contributed by atoms with Crippen LogP contribution < -0.4 is 5.32 Å². The molecule has 0 saturated carbocycles. The highest BCUT2D eigenvalue weighted by Gasteiger charge is 2.09. The highest BCUT2D eigenvalue weighted by atomic mass is 31.1. The predicted molar refractivity (Wildman–Crippen MR) is 36.5 cm³/mol. The van der Waals surface area contributed by atoms with Gasteiger partial charge in [0.2, 0.25) is 0 Å². The van der Waals surface area contributed by atoms with E-state index in [1.807, 2.05) is 7.11 Å². The van der Waals surface area contributed by atoms with E-state index in [4.69, 9.17) is 4.52 Å². The fraction of sp³-hybridized carbons (Fsp3) is 1.00. The number of hydrogen-bond donors (Lipinski definition) is 1. The van der Waals surface area contributed by atoms with Crippen LogP contribution in [0.4, 0.5) is 0 Å². The van der Waals surface area contributed by atoms with Gasteiger partial charge in [-0.2, -0.15) is 0 Å². The van der Waals surface area contributed by atoms with Crippen LogP contribution in [-0.2, 0) is 4.52 Å². The molecule has 1 heterocycles. The van der Waals surface area contributed by atoms with E-state index in [1.54, 1.807) is 0 Å².